The number of hydrogen-bond acceptors (Lipinski definition) is 2. The second-order valence-electron chi connectivity index (χ2n) is 5.49. The lowest BCUT2D eigenvalue weighted by Crippen LogP contribution is -2.43. The zero-order valence-corrected chi connectivity index (χ0v) is 12.0. The molecule has 1 rings (SSSR count). The molecule has 0 aromatic heterocycles. The van der Waals surface area contributed by atoms with Crippen molar-refractivity contribution in [2.75, 3.05) is 0 Å². The Kier molecular flexibility index (Phi) is 5.44. The van der Waals surface area contributed by atoms with Crippen LogP contribution >= 0.6 is 0 Å². The molecule has 1 amide bonds. The summed E-state index contributed by atoms with van der Waals surface area (Å²) in [4.78, 5) is 14.5. The van der Waals surface area contributed by atoms with Crippen molar-refractivity contribution in [3.05, 3.63) is 0 Å². The van der Waals surface area contributed by atoms with E-state index in [9.17, 15) is 4.79 Å². The molecule has 0 spiro atoms. The Morgan fingerprint density at radius 1 is 1.24 bits per heavy atom. The van der Waals surface area contributed by atoms with Crippen molar-refractivity contribution < 1.29 is 4.79 Å². The second-order valence-corrected chi connectivity index (χ2v) is 5.49. The number of nitrogens with zero attached hydrogens (tertiary/aromatic N) is 1. The molecule has 0 radical (unpaired) electrons. The van der Waals surface area contributed by atoms with Crippen LogP contribution in [0, 0.1) is 5.92 Å². The van der Waals surface area contributed by atoms with E-state index in [2.05, 4.69) is 44.8 Å². The standard InChI is InChI=1S/C14H28N2O/c1-6-11(7-2)16-13(8-3)15-12(14(16)17)9-10(4)5/h10-13,15H,6-9H2,1-5H3. The lowest BCUT2D eigenvalue weighted by Gasteiger charge is -2.31. The Labute approximate surface area is 106 Å². The molecule has 17 heavy (non-hydrogen) atoms. The maximum absolute atomic E-state index is 12.4. The fourth-order valence-corrected chi connectivity index (χ4v) is 2.79. The Bertz CT molecular complexity index is 249. The van der Waals surface area contributed by atoms with E-state index in [1.54, 1.807) is 0 Å². The molecule has 1 aliphatic heterocycles. The molecule has 1 fully saturated rings. The van der Waals surface area contributed by atoms with Gasteiger partial charge in [0.05, 0.1) is 12.2 Å². The predicted molar refractivity (Wildman–Crippen MR) is 71.7 cm³/mol. The average Bonchev–Trinajstić information content (AvgIpc) is 2.58. The molecule has 100 valence electrons. The van der Waals surface area contributed by atoms with E-state index >= 15 is 0 Å². The zero-order chi connectivity index (χ0) is 13.0. The summed E-state index contributed by atoms with van der Waals surface area (Å²) >= 11 is 0. The van der Waals surface area contributed by atoms with E-state index in [4.69, 9.17) is 0 Å². The predicted octanol–water partition coefficient (Wildman–Crippen LogP) is 2.76. The van der Waals surface area contributed by atoms with Crippen molar-refractivity contribution in [2.45, 2.75) is 78.6 Å². The Morgan fingerprint density at radius 2 is 1.82 bits per heavy atom. The molecule has 2 unspecified atom stereocenters. The van der Waals surface area contributed by atoms with Gasteiger partial charge >= 0.3 is 0 Å². The van der Waals surface area contributed by atoms with Crippen LogP contribution in [0.2, 0.25) is 0 Å². The molecule has 1 saturated heterocycles. The van der Waals surface area contributed by atoms with Crippen LogP contribution < -0.4 is 5.32 Å². The number of nitrogens with one attached hydrogen (secondary N) is 1. The second kappa shape index (κ2) is 6.39. The van der Waals surface area contributed by atoms with Gasteiger partial charge in [0.2, 0.25) is 5.91 Å². The van der Waals surface area contributed by atoms with Crippen LogP contribution in [0.3, 0.4) is 0 Å². The van der Waals surface area contributed by atoms with Gasteiger partial charge in [-0.15, -0.1) is 0 Å². The molecular weight excluding hydrogens is 212 g/mol. The first-order valence-electron chi connectivity index (χ1n) is 7.13. The minimum absolute atomic E-state index is 0.0422. The molecule has 0 saturated carbocycles. The SMILES string of the molecule is CCC(CC)N1C(=O)C(CC(C)C)NC1CC. The summed E-state index contributed by atoms with van der Waals surface area (Å²) in [5.41, 5.74) is 0. The van der Waals surface area contributed by atoms with Crippen LogP contribution in [0.1, 0.15) is 60.3 Å². The van der Waals surface area contributed by atoms with Gasteiger partial charge in [-0.25, -0.2) is 0 Å². The first kappa shape index (κ1) is 14.5. The van der Waals surface area contributed by atoms with E-state index < -0.39 is 0 Å². The van der Waals surface area contributed by atoms with Crippen molar-refractivity contribution in [1.82, 2.24) is 10.2 Å². The van der Waals surface area contributed by atoms with Crippen molar-refractivity contribution in [2.24, 2.45) is 5.92 Å². The zero-order valence-electron chi connectivity index (χ0n) is 12.0. The van der Waals surface area contributed by atoms with E-state index in [1.807, 2.05) is 0 Å². The molecule has 1 aliphatic rings. The lowest BCUT2D eigenvalue weighted by atomic mass is 10.0. The fourth-order valence-electron chi connectivity index (χ4n) is 2.79. The van der Waals surface area contributed by atoms with Gasteiger partial charge in [-0.1, -0.05) is 34.6 Å². The third-order valence-electron chi connectivity index (χ3n) is 3.71. The monoisotopic (exact) mass is 240 g/mol. The van der Waals surface area contributed by atoms with Crippen LogP contribution in [0.4, 0.5) is 0 Å². The molecule has 0 aliphatic carbocycles. The van der Waals surface area contributed by atoms with Gasteiger partial charge in [-0.3, -0.25) is 10.1 Å². The van der Waals surface area contributed by atoms with Gasteiger partial charge in [0.25, 0.3) is 0 Å². The van der Waals surface area contributed by atoms with Crippen molar-refractivity contribution >= 4 is 5.91 Å². The number of hydrogen-bond donors (Lipinski definition) is 1. The van der Waals surface area contributed by atoms with E-state index in [0.717, 1.165) is 25.7 Å². The topological polar surface area (TPSA) is 32.3 Å². The molecule has 0 bridgehead atoms. The lowest BCUT2D eigenvalue weighted by molar-refractivity contribution is -0.132. The highest BCUT2D eigenvalue weighted by Gasteiger charge is 2.40. The summed E-state index contributed by atoms with van der Waals surface area (Å²) in [5.74, 6) is 0.884. The van der Waals surface area contributed by atoms with Crippen LogP contribution in [0.5, 0.6) is 0 Å². The number of rotatable bonds is 6. The normalized spacial score (nSPS) is 25.4. The first-order chi connectivity index (χ1) is 8.04. The fraction of sp³-hybridized carbons (Fsp3) is 0.929. The number of amides is 1. The third-order valence-corrected chi connectivity index (χ3v) is 3.71. The molecule has 3 nitrogen and oxygen atoms in total. The van der Waals surface area contributed by atoms with Crippen molar-refractivity contribution in [3.8, 4) is 0 Å². The summed E-state index contributed by atoms with van der Waals surface area (Å²) in [7, 11) is 0. The molecular formula is C14H28N2O. The van der Waals surface area contributed by atoms with Gasteiger partial charge < -0.3 is 4.90 Å². The highest BCUT2D eigenvalue weighted by Crippen LogP contribution is 2.23. The van der Waals surface area contributed by atoms with Gasteiger partial charge in [-0.2, -0.15) is 0 Å². The molecule has 0 aromatic carbocycles. The van der Waals surface area contributed by atoms with Crippen molar-refractivity contribution in [1.29, 1.82) is 0 Å². The molecule has 3 heteroatoms. The summed E-state index contributed by atoms with van der Waals surface area (Å²) in [6.07, 6.45) is 4.29. The number of carbonyl (C=O) groups excluding carboxylic acids is 1. The Hall–Kier alpha value is -0.570. The molecule has 1 N–H and O–H groups in total. The summed E-state index contributed by atoms with van der Waals surface area (Å²) in [6.45, 7) is 10.8. The van der Waals surface area contributed by atoms with Crippen LogP contribution in [-0.2, 0) is 4.79 Å². The van der Waals surface area contributed by atoms with Gasteiger partial charge in [0.1, 0.15) is 0 Å². The maximum atomic E-state index is 12.4. The molecule has 0 aromatic rings. The summed E-state index contributed by atoms with van der Waals surface area (Å²) in [6, 6.07) is 0.442. The third kappa shape index (κ3) is 3.21. The van der Waals surface area contributed by atoms with Crippen LogP contribution in [-0.4, -0.2) is 29.1 Å². The minimum Gasteiger partial charge on any atom is -0.323 e. The molecule has 2 atom stereocenters. The molecule has 1 heterocycles. The summed E-state index contributed by atoms with van der Waals surface area (Å²) < 4.78 is 0. The highest BCUT2D eigenvalue weighted by atomic mass is 16.2. The average molecular weight is 240 g/mol. The van der Waals surface area contributed by atoms with E-state index in [-0.39, 0.29) is 12.2 Å². The van der Waals surface area contributed by atoms with Gasteiger partial charge in [0, 0.05) is 6.04 Å². The van der Waals surface area contributed by atoms with E-state index in [0.29, 0.717) is 17.9 Å². The van der Waals surface area contributed by atoms with Crippen molar-refractivity contribution in [3.63, 3.8) is 0 Å². The van der Waals surface area contributed by atoms with E-state index in [1.165, 1.54) is 0 Å². The Morgan fingerprint density at radius 3 is 2.24 bits per heavy atom. The maximum Gasteiger partial charge on any atom is 0.241 e. The summed E-state index contributed by atoms with van der Waals surface area (Å²) in [5, 5.41) is 3.50. The Balaban J connectivity index is 2.77. The largest absolute Gasteiger partial charge is 0.323 e. The smallest absolute Gasteiger partial charge is 0.241 e. The minimum atomic E-state index is 0.0422. The first-order valence-corrected chi connectivity index (χ1v) is 7.13. The quantitative estimate of drug-likeness (QED) is 0.774. The van der Waals surface area contributed by atoms with Crippen LogP contribution in [0.15, 0.2) is 0 Å². The van der Waals surface area contributed by atoms with Crippen LogP contribution in [0.25, 0.3) is 0 Å². The van der Waals surface area contributed by atoms with Gasteiger partial charge in [0.15, 0.2) is 0 Å². The van der Waals surface area contributed by atoms with Gasteiger partial charge in [-0.05, 0) is 31.6 Å². The highest BCUT2D eigenvalue weighted by molar-refractivity contribution is 5.84. The number of carbonyl (C=O) groups is 1.